The van der Waals surface area contributed by atoms with Crippen molar-refractivity contribution in [1.82, 2.24) is 10.2 Å². The van der Waals surface area contributed by atoms with E-state index in [1.165, 1.54) is 6.07 Å². The van der Waals surface area contributed by atoms with E-state index in [4.69, 9.17) is 0 Å². The third kappa shape index (κ3) is 4.27. The van der Waals surface area contributed by atoms with Gasteiger partial charge in [0.2, 0.25) is 5.91 Å². The second-order valence-corrected chi connectivity index (χ2v) is 5.78. The van der Waals surface area contributed by atoms with Gasteiger partial charge in [0.15, 0.2) is 0 Å². The lowest BCUT2D eigenvalue weighted by atomic mass is 9.93. The van der Waals surface area contributed by atoms with E-state index in [0.29, 0.717) is 11.5 Å². The van der Waals surface area contributed by atoms with Crippen molar-refractivity contribution < 1.29 is 9.72 Å². The molecule has 1 heterocycles. The second kappa shape index (κ2) is 7.89. The number of amides is 1. The Morgan fingerprint density at radius 2 is 2.05 bits per heavy atom. The van der Waals surface area contributed by atoms with Gasteiger partial charge in [-0.3, -0.25) is 14.9 Å². The van der Waals surface area contributed by atoms with Crippen molar-refractivity contribution >= 4 is 11.6 Å². The van der Waals surface area contributed by atoms with Crippen molar-refractivity contribution in [2.24, 2.45) is 5.92 Å². The van der Waals surface area contributed by atoms with Crippen LogP contribution in [0.1, 0.15) is 24.8 Å². The second-order valence-electron chi connectivity index (χ2n) is 5.78. The third-order valence-electron chi connectivity index (χ3n) is 4.30. The SMILES string of the molecule is CNCCC1CCN(C(=O)Cc2ccccc2[N+](=O)[O-])CC1. The molecule has 2 rings (SSSR count). The van der Waals surface area contributed by atoms with E-state index in [9.17, 15) is 14.9 Å². The van der Waals surface area contributed by atoms with Crippen LogP contribution in [-0.4, -0.2) is 42.4 Å². The van der Waals surface area contributed by atoms with Crippen LogP contribution in [0.25, 0.3) is 0 Å². The molecule has 0 spiro atoms. The molecule has 1 saturated heterocycles. The first-order chi connectivity index (χ1) is 10.6. The molecule has 0 aromatic heterocycles. The summed E-state index contributed by atoms with van der Waals surface area (Å²) >= 11 is 0. The maximum absolute atomic E-state index is 12.4. The molecule has 1 aromatic rings. The van der Waals surface area contributed by atoms with Crippen LogP contribution >= 0.6 is 0 Å². The zero-order valence-electron chi connectivity index (χ0n) is 13.0. The number of piperidine rings is 1. The lowest BCUT2D eigenvalue weighted by Crippen LogP contribution is -2.39. The van der Waals surface area contributed by atoms with Crippen LogP contribution in [0.15, 0.2) is 24.3 Å². The summed E-state index contributed by atoms with van der Waals surface area (Å²) in [5, 5.41) is 14.2. The molecule has 0 unspecified atom stereocenters. The fourth-order valence-electron chi connectivity index (χ4n) is 2.93. The Labute approximate surface area is 130 Å². The summed E-state index contributed by atoms with van der Waals surface area (Å²) in [7, 11) is 1.95. The highest BCUT2D eigenvalue weighted by atomic mass is 16.6. The quantitative estimate of drug-likeness (QED) is 0.644. The van der Waals surface area contributed by atoms with Gasteiger partial charge >= 0.3 is 0 Å². The van der Waals surface area contributed by atoms with E-state index in [1.807, 2.05) is 11.9 Å². The molecule has 6 nitrogen and oxygen atoms in total. The van der Waals surface area contributed by atoms with Gasteiger partial charge in [0.05, 0.1) is 11.3 Å². The first-order valence-electron chi connectivity index (χ1n) is 7.76. The normalized spacial score (nSPS) is 15.8. The number of likely N-dealkylation sites (tertiary alicyclic amines) is 1. The highest BCUT2D eigenvalue weighted by Crippen LogP contribution is 2.23. The zero-order chi connectivity index (χ0) is 15.9. The van der Waals surface area contributed by atoms with Gasteiger partial charge in [-0.25, -0.2) is 0 Å². The molecule has 0 atom stereocenters. The number of carbonyl (C=O) groups excluding carboxylic acids is 1. The first-order valence-corrected chi connectivity index (χ1v) is 7.76. The summed E-state index contributed by atoms with van der Waals surface area (Å²) < 4.78 is 0. The minimum atomic E-state index is -0.424. The summed E-state index contributed by atoms with van der Waals surface area (Å²) in [5.41, 5.74) is 0.523. The number of nitro groups is 1. The maximum atomic E-state index is 12.4. The summed E-state index contributed by atoms with van der Waals surface area (Å²) in [6, 6.07) is 6.47. The van der Waals surface area contributed by atoms with Crippen LogP contribution in [0.5, 0.6) is 0 Å². The van der Waals surface area contributed by atoms with Gasteiger partial charge in [-0.1, -0.05) is 18.2 Å². The van der Waals surface area contributed by atoms with Gasteiger partial charge in [0.1, 0.15) is 0 Å². The minimum absolute atomic E-state index is 0.0126. The fourth-order valence-corrected chi connectivity index (χ4v) is 2.93. The van der Waals surface area contributed by atoms with Gasteiger partial charge in [-0.15, -0.1) is 0 Å². The Morgan fingerprint density at radius 3 is 2.68 bits per heavy atom. The Hall–Kier alpha value is -1.95. The molecular formula is C16H23N3O3. The van der Waals surface area contributed by atoms with Crippen LogP contribution in [0.4, 0.5) is 5.69 Å². The molecule has 1 fully saturated rings. The van der Waals surface area contributed by atoms with Crippen LogP contribution in [0, 0.1) is 16.0 Å². The monoisotopic (exact) mass is 305 g/mol. The van der Waals surface area contributed by atoms with Crippen molar-refractivity contribution in [3.8, 4) is 0 Å². The number of nitro benzene ring substituents is 1. The number of hydrogen-bond acceptors (Lipinski definition) is 4. The molecule has 1 aromatic carbocycles. The van der Waals surface area contributed by atoms with Gasteiger partial charge in [-0.05, 0) is 38.8 Å². The van der Waals surface area contributed by atoms with Crippen LogP contribution in [-0.2, 0) is 11.2 Å². The summed E-state index contributed by atoms with van der Waals surface area (Å²) in [4.78, 5) is 24.8. The van der Waals surface area contributed by atoms with Crippen molar-refractivity contribution in [2.45, 2.75) is 25.7 Å². The van der Waals surface area contributed by atoms with Gasteiger partial charge in [0.25, 0.3) is 5.69 Å². The number of hydrogen-bond donors (Lipinski definition) is 1. The minimum Gasteiger partial charge on any atom is -0.342 e. The highest BCUT2D eigenvalue weighted by Gasteiger charge is 2.24. The highest BCUT2D eigenvalue weighted by molar-refractivity contribution is 5.80. The van der Waals surface area contributed by atoms with Gasteiger partial charge < -0.3 is 10.2 Å². The molecule has 6 heteroatoms. The predicted octanol–water partition coefficient (Wildman–Crippen LogP) is 1.99. The smallest absolute Gasteiger partial charge is 0.273 e. The van der Waals surface area contributed by atoms with Crippen LogP contribution in [0.2, 0.25) is 0 Å². The summed E-state index contributed by atoms with van der Waals surface area (Å²) in [6.45, 7) is 2.52. The van der Waals surface area contributed by atoms with E-state index in [0.717, 1.165) is 38.9 Å². The van der Waals surface area contributed by atoms with Gasteiger partial charge in [0, 0.05) is 24.7 Å². The van der Waals surface area contributed by atoms with E-state index < -0.39 is 4.92 Å². The molecule has 0 radical (unpaired) electrons. The van der Waals surface area contributed by atoms with E-state index in [-0.39, 0.29) is 18.0 Å². The third-order valence-corrected chi connectivity index (χ3v) is 4.30. The molecule has 1 aliphatic rings. The molecule has 0 bridgehead atoms. The molecule has 1 N–H and O–H groups in total. The van der Waals surface area contributed by atoms with Crippen molar-refractivity contribution in [2.75, 3.05) is 26.7 Å². The van der Waals surface area contributed by atoms with E-state index in [1.54, 1.807) is 18.2 Å². The zero-order valence-corrected chi connectivity index (χ0v) is 13.0. The summed E-state index contributed by atoms with van der Waals surface area (Å²) in [5.74, 6) is 0.656. The lowest BCUT2D eigenvalue weighted by Gasteiger charge is -2.32. The summed E-state index contributed by atoms with van der Waals surface area (Å²) in [6.07, 6.45) is 3.29. The van der Waals surface area contributed by atoms with Gasteiger partial charge in [-0.2, -0.15) is 0 Å². The van der Waals surface area contributed by atoms with E-state index >= 15 is 0 Å². The van der Waals surface area contributed by atoms with Crippen LogP contribution in [0.3, 0.4) is 0 Å². The lowest BCUT2D eigenvalue weighted by molar-refractivity contribution is -0.385. The molecule has 0 aliphatic carbocycles. The van der Waals surface area contributed by atoms with Crippen molar-refractivity contribution in [3.63, 3.8) is 0 Å². The number of nitrogens with one attached hydrogen (secondary N) is 1. The molecule has 120 valence electrons. The Kier molecular flexibility index (Phi) is 5.89. The average Bonchev–Trinajstić information content (AvgIpc) is 2.53. The first kappa shape index (κ1) is 16.4. The molecule has 0 saturated carbocycles. The Morgan fingerprint density at radius 1 is 1.36 bits per heavy atom. The molecular weight excluding hydrogens is 282 g/mol. The molecule has 22 heavy (non-hydrogen) atoms. The topological polar surface area (TPSA) is 75.5 Å². The Balaban J connectivity index is 1.90. The molecule has 1 amide bonds. The van der Waals surface area contributed by atoms with Crippen molar-refractivity contribution in [1.29, 1.82) is 0 Å². The number of para-hydroxylation sites is 1. The van der Waals surface area contributed by atoms with Crippen LogP contribution < -0.4 is 5.32 Å². The number of nitrogens with zero attached hydrogens (tertiary/aromatic N) is 2. The fraction of sp³-hybridized carbons (Fsp3) is 0.562. The van der Waals surface area contributed by atoms with Crippen molar-refractivity contribution in [3.05, 3.63) is 39.9 Å². The number of carbonyl (C=O) groups is 1. The van der Waals surface area contributed by atoms with E-state index in [2.05, 4.69) is 5.32 Å². The average molecular weight is 305 g/mol. The molecule has 1 aliphatic heterocycles. The maximum Gasteiger partial charge on any atom is 0.273 e. The standard InChI is InChI=1S/C16H23N3O3/c1-17-9-6-13-7-10-18(11-8-13)16(20)12-14-4-2-3-5-15(14)19(21)22/h2-5,13,17H,6-12H2,1H3. The number of rotatable bonds is 6. The predicted molar refractivity (Wildman–Crippen MR) is 84.6 cm³/mol. The Bertz CT molecular complexity index is 525. The number of benzene rings is 1. The largest absolute Gasteiger partial charge is 0.342 e.